The van der Waals surface area contributed by atoms with Gasteiger partial charge in [0, 0.05) is 36.8 Å². The standard InChI is InChI=1S/C37H53N3O4S/c1-24(41)45-23-32(13-25-5-3-2-4-6-25)35(43)38-22-34(42)44-33(20-39-36-14-26-7-27(15-36)9-28(8-26)16-36)21-40-37-17-29-10-30(18-37)12-31(11-29)19-37/h2-6,26-33,39-40H,7-23H2,1H3,(H,38,43). The van der Waals surface area contributed by atoms with Gasteiger partial charge in [-0.15, -0.1) is 0 Å². The number of thioether (sulfide) groups is 1. The van der Waals surface area contributed by atoms with E-state index in [0.717, 1.165) is 52.8 Å². The van der Waals surface area contributed by atoms with Crippen molar-refractivity contribution in [3.63, 3.8) is 0 Å². The minimum atomic E-state index is -0.402. The lowest BCUT2D eigenvalue weighted by Gasteiger charge is -2.58. The number of nitrogens with one attached hydrogen (secondary N) is 3. The molecule has 9 rings (SSSR count). The highest BCUT2D eigenvalue weighted by Crippen LogP contribution is 2.56. The van der Waals surface area contributed by atoms with Crippen molar-refractivity contribution in [3.8, 4) is 0 Å². The van der Waals surface area contributed by atoms with E-state index in [4.69, 9.17) is 4.74 Å². The molecule has 8 heteroatoms. The second kappa shape index (κ2) is 13.3. The Morgan fingerprint density at radius 1 is 0.778 bits per heavy atom. The van der Waals surface area contributed by atoms with Crippen molar-refractivity contribution in [2.45, 2.75) is 108 Å². The zero-order valence-electron chi connectivity index (χ0n) is 27.1. The fourth-order valence-electron chi connectivity index (χ4n) is 11.3. The average Bonchev–Trinajstić information content (AvgIpc) is 2.98. The van der Waals surface area contributed by atoms with Gasteiger partial charge < -0.3 is 20.7 Å². The quantitative estimate of drug-likeness (QED) is 0.240. The van der Waals surface area contributed by atoms with Gasteiger partial charge in [-0.2, -0.15) is 0 Å². The van der Waals surface area contributed by atoms with E-state index < -0.39 is 5.92 Å². The number of hydrogen-bond acceptors (Lipinski definition) is 7. The van der Waals surface area contributed by atoms with Gasteiger partial charge in [-0.1, -0.05) is 42.1 Å². The molecule has 3 N–H and O–H groups in total. The highest BCUT2D eigenvalue weighted by atomic mass is 32.2. The molecule has 246 valence electrons. The van der Waals surface area contributed by atoms with Crippen molar-refractivity contribution in [3.05, 3.63) is 35.9 Å². The Balaban J connectivity index is 0.971. The predicted octanol–water partition coefficient (Wildman–Crippen LogP) is 5.27. The first-order valence-electron chi connectivity index (χ1n) is 17.9. The summed E-state index contributed by atoms with van der Waals surface area (Å²) in [7, 11) is 0. The molecule has 7 nitrogen and oxygen atoms in total. The van der Waals surface area contributed by atoms with Crippen molar-refractivity contribution in [1.29, 1.82) is 0 Å². The van der Waals surface area contributed by atoms with Gasteiger partial charge in [0.1, 0.15) is 12.6 Å². The van der Waals surface area contributed by atoms with E-state index in [1.807, 2.05) is 30.3 Å². The topological polar surface area (TPSA) is 96.5 Å². The van der Waals surface area contributed by atoms with E-state index in [1.54, 1.807) is 0 Å². The molecule has 8 aliphatic rings. The van der Waals surface area contributed by atoms with E-state index >= 15 is 0 Å². The predicted molar refractivity (Wildman–Crippen MR) is 177 cm³/mol. The number of ether oxygens (including phenoxy) is 1. The van der Waals surface area contributed by atoms with Crippen LogP contribution in [0.4, 0.5) is 0 Å². The first kappa shape index (κ1) is 31.7. The fourth-order valence-corrected chi connectivity index (χ4v) is 12.1. The molecular weight excluding hydrogens is 582 g/mol. The lowest BCUT2D eigenvalue weighted by atomic mass is 9.53. The molecular formula is C37H53N3O4S. The van der Waals surface area contributed by atoms with Crippen LogP contribution >= 0.6 is 11.8 Å². The van der Waals surface area contributed by atoms with Crippen LogP contribution in [0.1, 0.15) is 89.5 Å². The molecule has 1 atom stereocenters. The number of benzene rings is 1. The molecule has 0 spiro atoms. The SMILES string of the molecule is CC(=O)SCC(Cc1ccccc1)C(=O)NCC(=O)OC(CNC12CC3CC(CC(C3)C1)C2)CNC12CC3CC(CC(C3)C1)C2. The summed E-state index contributed by atoms with van der Waals surface area (Å²) in [5.74, 6) is 4.53. The minimum absolute atomic E-state index is 0.0128. The van der Waals surface area contributed by atoms with Gasteiger partial charge >= 0.3 is 5.97 Å². The van der Waals surface area contributed by atoms with E-state index in [-0.39, 0.29) is 40.7 Å². The Bertz CT molecular complexity index is 1120. The Morgan fingerprint density at radius 2 is 1.24 bits per heavy atom. The zero-order valence-corrected chi connectivity index (χ0v) is 27.9. The summed E-state index contributed by atoms with van der Waals surface area (Å²) in [4.78, 5) is 38.2. The number of esters is 1. The Morgan fingerprint density at radius 3 is 1.69 bits per heavy atom. The molecule has 0 aromatic heterocycles. The zero-order chi connectivity index (χ0) is 31.0. The summed E-state index contributed by atoms with van der Waals surface area (Å²) in [6.45, 7) is 2.70. The van der Waals surface area contributed by atoms with Crippen molar-refractivity contribution >= 4 is 28.8 Å². The molecule has 0 saturated heterocycles. The fraction of sp³-hybridized carbons (Fsp3) is 0.757. The van der Waals surface area contributed by atoms with Crippen molar-refractivity contribution in [1.82, 2.24) is 16.0 Å². The van der Waals surface area contributed by atoms with Crippen molar-refractivity contribution in [2.24, 2.45) is 41.4 Å². The number of amides is 1. The van der Waals surface area contributed by atoms with Crippen LogP contribution < -0.4 is 16.0 Å². The lowest BCUT2D eigenvalue weighted by molar-refractivity contribution is -0.150. The maximum Gasteiger partial charge on any atom is 0.325 e. The summed E-state index contributed by atoms with van der Waals surface area (Å²) in [6.07, 6.45) is 16.3. The van der Waals surface area contributed by atoms with Crippen LogP contribution in [0.5, 0.6) is 0 Å². The first-order chi connectivity index (χ1) is 21.7. The van der Waals surface area contributed by atoms with E-state index in [1.165, 1.54) is 84.0 Å². The number of carbonyl (C=O) groups is 3. The van der Waals surface area contributed by atoms with Gasteiger partial charge in [-0.25, -0.2) is 0 Å². The lowest BCUT2D eigenvalue weighted by Crippen LogP contribution is -2.62. The van der Waals surface area contributed by atoms with E-state index in [0.29, 0.717) is 25.3 Å². The van der Waals surface area contributed by atoms with Gasteiger partial charge in [0.2, 0.25) is 5.91 Å². The largest absolute Gasteiger partial charge is 0.458 e. The normalized spacial score (nSPS) is 36.9. The van der Waals surface area contributed by atoms with Gasteiger partial charge in [0.15, 0.2) is 5.12 Å². The Kier molecular flexibility index (Phi) is 9.37. The highest BCUT2D eigenvalue weighted by Gasteiger charge is 2.52. The van der Waals surface area contributed by atoms with Crippen molar-refractivity contribution < 1.29 is 19.1 Å². The molecule has 0 aliphatic heterocycles. The molecule has 1 amide bonds. The molecule has 0 heterocycles. The van der Waals surface area contributed by atoms with Crippen LogP contribution in [0, 0.1) is 41.4 Å². The summed E-state index contributed by atoms with van der Waals surface area (Å²) >= 11 is 1.16. The van der Waals surface area contributed by atoms with Gasteiger partial charge in [0.05, 0.1) is 5.92 Å². The average molecular weight is 636 g/mol. The number of carbonyl (C=O) groups excluding carboxylic acids is 3. The van der Waals surface area contributed by atoms with Gasteiger partial charge in [-0.3, -0.25) is 14.4 Å². The number of hydrogen-bond donors (Lipinski definition) is 3. The summed E-state index contributed by atoms with van der Waals surface area (Å²) < 4.78 is 6.19. The van der Waals surface area contributed by atoms with Crippen LogP contribution in [0.3, 0.4) is 0 Å². The molecule has 8 aliphatic carbocycles. The third kappa shape index (κ3) is 7.65. The van der Waals surface area contributed by atoms with Crippen LogP contribution in [-0.2, 0) is 25.5 Å². The molecule has 8 saturated carbocycles. The third-order valence-corrected chi connectivity index (χ3v) is 13.4. The summed E-state index contributed by atoms with van der Waals surface area (Å²) in [5.41, 5.74) is 1.44. The summed E-state index contributed by atoms with van der Waals surface area (Å²) in [5, 5.41) is 10.8. The molecule has 8 bridgehead atoms. The van der Waals surface area contributed by atoms with Crippen molar-refractivity contribution in [2.75, 3.05) is 25.4 Å². The maximum atomic E-state index is 13.3. The second-order valence-corrected chi connectivity index (χ2v) is 17.4. The van der Waals surface area contributed by atoms with E-state index in [9.17, 15) is 14.4 Å². The van der Waals surface area contributed by atoms with E-state index in [2.05, 4.69) is 16.0 Å². The number of rotatable bonds is 14. The van der Waals surface area contributed by atoms with Crippen LogP contribution in [0.25, 0.3) is 0 Å². The Hall–Kier alpha value is -1.90. The van der Waals surface area contributed by atoms with Crippen LogP contribution in [-0.4, -0.2) is 59.6 Å². The molecule has 0 radical (unpaired) electrons. The van der Waals surface area contributed by atoms with Gasteiger partial charge in [0.25, 0.3) is 0 Å². The molecule has 1 aromatic carbocycles. The van der Waals surface area contributed by atoms with Crippen LogP contribution in [0.15, 0.2) is 30.3 Å². The maximum absolute atomic E-state index is 13.3. The second-order valence-electron chi connectivity index (χ2n) is 16.2. The van der Waals surface area contributed by atoms with Gasteiger partial charge in [-0.05, 0) is 125 Å². The highest BCUT2D eigenvalue weighted by molar-refractivity contribution is 8.13. The molecule has 45 heavy (non-hydrogen) atoms. The smallest absolute Gasteiger partial charge is 0.325 e. The monoisotopic (exact) mass is 635 g/mol. The molecule has 8 fully saturated rings. The summed E-state index contributed by atoms with van der Waals surface area (Å²) in [6, 6.07) is 9.84. The van der Waals surface area contributed by atoms with Crippen LogP contribution in [0.2, 0.25) is 0 Å². The molecule has 1 unspecified atom stereocenters. The molecule has 1 aromatic rings. The third-order valence-electron chi connectivity index (χ3n) is 12.4. The minimum Gasteiger partial charge on any atom is -0.458 e. The first-order valence-corrected chi connectivity index (χ1v) is 18.9. The Labute approximate surface area is 273 Å².